The first-order chi connectivity index (χ1) is 8.68. The molecule has 0 atom stereocenters. The monoisotopic (exact) mass is 263 g/mol. The van der Waals surface area contributed by atoms with E-state index >= 15 is 0 Å². The van der Waals surface area contributed by atoms with Gasteiger partial charge in [-0.05, 0) is 12.1 Å². The van der Waals surface area contributed by atoms with Crippen LogP contribution < -0.4 is 0 Å². The second-order valence-corrected chi connectivity index (χ2v) is 6.17. The molecule has 0 saturated carbocycles. The normalized spacial score (nSPS) is 16.4. The highest BCUT2D eigenvalue weighted by molar-refractivity contribution is 7.89. The number of aromatic nitrogens is 2. The zero-order valence-corrected chi connectivity index (χ0v) is 10.5. The van der Waals surface area contributed by atoms with Crippen LogP contribution in [-0.4, -0.2) is 29.2 Å². The molecular formula is C12H13N3O2S. The average molecular weight is 263 g/mol. The number of sulfonamides is 1. The Balaban J connectivity index is 1.93. The van der Waals surface area contributed by atoms with E-state index in [1.807, 2.05) is 6.07 Å². The van der Waals surface area contributed by atoms with Gasteiger partial charge in [0, 0.05) is 13.0 Å². The smallest absolute Gasteiger partial charge is 0.243 e. The molecule has 1 aliphatic rings. The van der Waals surface area contributed by atoms with Crippen LogP contribution in [-0.2, 0) is 23.0 Å². The molecule has 0 saturated heterocycles. The van der Waals surface area contributed by atoms with Crippen LogP contribution in [0.1, 0.15) is 11.4 Å². The maximum Gasteiger partial charge on any atom is 0.243 e. The van der Waals surface area contributed by atoms with Gasteiger partial charge in [-0.25, -0.2) is 13.4 Å². The Kier molecular flexibility index (Phi) is 2.68. The van der Waals surface area contributed by atoms with Crippen LogP contribution in [0.5, 0.6) is 0 Å². The Hall–Kier alpha value is -1.66. The van der Waals surface area contributed by atoms with Crippen molar-refractivity contribution in [1.82, 2.24) is 14.3 Å². The molecule has 0 spiro atoms. The summed E-state index contributed by atoms with van der Waals surface area (Å²) in [4.78, 5) is 7.50. The largest absolute Gasteiger partial charge is 0.347 e. The van der Waals surface area contributed by atoms with Gasteiger partial charge >= 0.3 is 0 Å². The van der Waals surface area contributed by atoms with E-state index in [1.165, 1.54) is 4.31 Å². The average Bonchev–Trinajstić information content (AvgIpc) is 2.87. The quantitative estimate of drug-likeness (QED) is 0.884. The fourth-order valence-electron chi connectivity index (χ4n) is 2.13. The van der Waals surface area contributed by atoms with Gasteiger partial charge < -0.3 is 4.98 Å². The minimum atomic E-state index is -3.40. The fraction of sp³-hybridized carbons (Fsp3) is 0.250. The molecule has 18 heavy (non-hydrogen) atoms. The molecule has 2 heterocycles. The van der Waals surface area contributed by atoms with Crippen molar-refractivity contribution in [3.05, 3.63) is 48.0 Å². The summed E-state index contributed by atoms with van der Waals surface area (Å²) in [5.41, 5.74) is 1.86. The SMILES string of the molecule is O=S(=O)(c1ccccc1)N1CCc2nc[nH]c2C1. The predicted octanol–water partition coefficient (Wildman–Crippen LogP) is 1.16. The van der Waals surface area contributed by atoms with Crippen molar-refractivity contribution in [1.29, 1.82) is 0 Å². The van der Waals surface area contributed by atoms with Crippen molar-refractivity contribution in [2.45, 2.75) is 17.9 Å². The molecule has 6 heteroatoms. The van der Waals surface area contributed by atoms with Gasteiger partial charge in [-0.3, -0.25) is 0 Å². The zero-order chi connectivity index (χ0) is 12.6. The van der Waals surface area contributed by atoms with E-state index in [0.29, 0.717) is 24.4 Å². The third-order valence-electron chi connectivity index (χ3n) is 3.12. The van der Waals surface area contributed by atoms with E-state index in [-0.39, 0.29) is 0 Å². The summed E-state index contributed by atoms with van der Waals surface area (Å²) in [6.07, 6.45) is 2.27. The molecule has 1 N–H and O–H groups in total. The lowest BCUT2D eigenvalue weighted by molar-refractivity contribution is 0.385. The molecule has 0 amide bonds. The summed E-state index contributed by atoms with van der Waals surface area (Å²) >= 11 is 0. The molecule has 94 valence electrons. The van der Waals surface area contributed by atoms with Crippen molar-refractivity contribution in [2.24, 2.45) is 0 Å². The Labute approximate surface area is 106 Å². The summed E-state index contributed by atoms with van der Waals surface area (Å²) < 4.78 is 26.3. The van der Waals surface area contributed by atoms with Crippen LogP contribution in [0.25, 0.3) is 0 Å². The summed E-state index contributed by atoms with van der Waals surface area (Å²) in [6.45, 7) is 0.849. The standard InChI is InChI=1S/C12H13N3O2S/c16-18(17,10-4-2-1-3-5-10)15-7-6-11-12(8-15)14-9-13-11/h1-5,9H,6-8H2,(H,13,14). The van der Waals surface area contributed by atoms with Gasteiger partial charge in [0.15, 0.2) is 0 Å². The van der Waals surface area contributed by atoms with Gasteiger partial charge in [0.05, 0.1) is 29.2 Å². The van der Waals surface area contributed by atoms with Gasteiger partial charge in [-0.2, -0.15) is 4.31 Å². The Morgan fingerprint density at radius 2 is 2.00 bits per heavy atom. The van der Waals surface area contributed by atoms with Crippen LogP contribution in [0, 0.1) is 0 Å². The first-order valence-electron chi connectivity index (χ1n) is 5.74. The molecule has 2 aromatic rings. The number of imidazole rings is 1. The highest BCUT2D eigenvalue weighted by Gasteiger charge is 2.29. The van der Waals surface area contributed by atoms with Gasteiger partial charge in [-0.15, -0.1) is 0 Å². The van der Waals surface area contributed by atoms with Gasteiger partial charge in [0.2, 0.25) is 10.0 Å². The minimum absolute atomic E-state index is 0.341. The highest BCUT2D eigenvalue weighted by Crippen LogP contribution is 2.22. The molecule has 0 radical (unpaired) electrons. The van der Waals surface area contributed by atoms with E-state index in [2.05, 4.69) is 9.97 Å². The van der Waals surface area contributed by atoms with Crippen molar-refractivity contribution < 1.29 is 8.42 Å². The molecule has 1 aliphatic heterocycles. The van der Waals surface area contributed by atoms with Crippen LogP contribution in [0.15, 0.2) is 41.6 Å². The Morgan fingerprint density at radius 3 is 2.78 bits per heavy atom. The van der Waals surface area contributed by atoms with E-state index in [9.17, 15) is 8.42 Å². The number of fused-ring (bicyclic) bond motifs is 1. The molecule has 0 aliphatic carbocycles. The molecule has 1 aromatic carbocycles. The molecule has 3 rings (SSSR count). The van der Waals surface area contributed by atoms with Gasteiger partial charge in [0.1, 0.15) is 0 Å². The number of rotatable bonds is 2. The first kappa shape index (κ1) is 11.4. The Bertz CT molecular complexity index is 649. The van der Waals surface area contributed by atoms with Gasteiger partial charge in [0.25, 0.3) is 0 Å². The van der Waals surface area contributed by atoms with E-state index in [0.717, 1.165) is 11.4 Å². The third-order valence-corrected chi connectivity index (χ3v) is 4.98. The number of hydrogen-bond acceptors (Lipinski definition) is 3. The van der Waals surface area contributed by atoms with E-state index in [1.54, 1.807) is 30.6 Å². The number of nitrogens with one attached hydrogen (secondary N) is 1. The highest BCUT2D eigenvalue weighted by atomic mass is 32.2. The number of benzene rings is 1. The summed E-state index contributed by atoms with van der Waals surface area (Å²) in [7, 11) is -3.40. The fourth-order valence-corrected chi connectivity index (χ4v) is 3.56. The van der Waals surface area contributed by atoms with Crippen molar-refractivity contribution >= 4 is 10.0 Å². The molecule has 5 nitrogen and oxygen atoms in total. The molecule has 0 fully saturated rings. The number of nitrogens with zero attached hydrogens (tertiary/aromatic N) is 2. The van der Waals surface area contributed by atoms with Gasteiger partial charge in [-0.1, -0.05) is 18.2 Å². The first-order valence-corrected chi connectivity index (χ1v) is 7.18. The lowest BCUT2D eigenvalue weighted by atomic mass is 10.2. The Morgan fingerprint density at radius 1 is 1.22 bits per heavy atom. The summed E-state index contributed by atoms with van der Waals surface area (Å²) in [5.74, 6) is 0. The third kappa shape index (κ3) is 1.83. The second-order valence-electron chi connectivity index (χ2n) is 4.23. The number of aromatic amines is 1. The van der Waals surface area contributed by atoms with Crippen molar-refractivity contribution in [3.8, 4) is 0 Å². The van der Waals surface area contributed by atoms with Crippen molar-refractivity contribution in [2.75, 3.05) is 6.54 Å². The maximum absolute atomic E-state index is 12.4. The number of H-pyrrole nitrogens is 1. The van der Waals surface area contributed by atoms with E-state index < -0.39 is 10.0 Å². The van der Waals surface area contributed by atoms with Crippen LogP contribution in [0.2, 0.25) is 0 Å². The summed E-state index contributed by atoms with van der Waals surface area (Å²) in [5, 5.41) is 0. The van der Waals surface area contributed by atoms with E-state index in [4.69, 9.17) is 0 Å². The molecule has 0 unspecified atom stereocenters. The van der Waals surface area contributed by atoms with Crippen molar-refractivity contribution in [3.63, 3.8) is 0 Å². The zero-order valence-electron chi connectivity index (χ0n) is 9.70. The predicted molar refractivity (Wildman–Crippen MR) is 66.3 cm³/mol. The second kappa shape index (κ2) is 4.22. The summed E-state index contributed by atoms with van der Waals surface area (Å²) in [6, 6.07) is 8.52. The van der Waals surface area contributed by atoms with Crippen LogP contribution in [0.3, 0.4) is 0 Å². The topological polar surface area (TPSA) is 66.1 Å². The number of hydrogen-bond donors (Lipinski definition) is 1. The lowest BCUT2D eigenvalue weighted by Gasteiger charge is -2.25. The van der Waals surface area contributed by atoms with Crippen LogP contribution in [0.4, 0.5) is 0 Å². The minimum Gasteiger partial charge on any atom is -0.347 e. The molecular weight excluding hydrogens is 250 g/mol. The molecule has 0 bridgehead atoms. The van der Waals surface area contributed by atoms with Crippen LogP contribution >= 0.6 is 0 Å². The lowest BCUT2D eigenvalue weighted by Crippen LogP contribution is -2.36. The molecule has 1 aromatic heterocycles. The maximum atomic E-state index is 12.4.